The van der Waals surface area contributed by atoms with Gasteiger partial charge in [0.05, 0.1) is 35.2 Å². The Kier molecular flexibility index (Phi) is 5.71. The van der Waals surface area contributed by atoms with Gasteiger partial charge in [-0.15, -0.1) is 11.3 Å². The summed E-state index contributed by atoms with van der Waals surface area (Å²) in [6, 6.07) is 3.19. The Hall–Kier alpha value is -2.58. The van der Waals surface area contributed by atoms with Crippen molar-refractivity contribution in [2.75, 3.05) is 19.5 Å². The summed E-state index contributed by atoms with van der Waals surface area (Å²) >= 11 is 7.38. The van der Waals surface area contributed by atoms with Crippen LogP contribution in [0.15, 0.2) is 16.9 Å². The van der Waals surface area contributed by atoms with Crippen LogP contribution in [-0.4, -0.2) is 29.7 Å². The summed E-state index contributed by atoms with van der Waals surface area (Å²) < 4.78 is 12.3. The quantitative estimate of drug-likeness (QED) is 0.640. The van der Waals surface area contributed by atoms with E-state index in [1.165, 1.54) is 25.6 Å². The number of hydrogen-bond donors (Lipinski definition) is 1. The number of benzene rings is 1. The molecule has 3 aromatic rings. The predicted octanol–water partition coefficient (Wildman–Crippen LogP) is 4.42. The molecule has 9 heteroatoms. The molecule has 0 saturated heterocycles. The van der Waals surface area contributed by atoms with Gasteiger partial charge in [0.2, 0.25) is 0 Å². The predicted molar refractivity (Wildman–Crippen MR) is 119 cm³/mol. The molecule has 2 aromatic heterocycles. The van der Waals surface area contributed by atoms with Crippen molar-refractivity contribution in [3.63, 3.8) is 0 Å². The van der Waals surface area contributed by atoms with Crippen molar-refractivity contribution in [1.29, 1.82) is 0 Å². The van der Waals surface area contributed by atoms with Crippen LogP contribution >= 0.6 is 22.9 Å². The van der Waals surface area contributed by atoms with E-state index in [0.717, 1.165) is 31.5 Å². The number of aryl methyl sites for hydroxylation is 2. The van der Waals surface area contributed by atoms with Crippen LogP contribution in [0.5, 0.6) is 11.5 Å². The van der Waals surface area contributed by atoms with E-state index in [1.807, 2.05) is 0 Å². The number of methoxy groups -OCH3 is 2. The summed E-state index contributed by atoms with van der Waals surface area (Å²) in [6.45, 7) is 2.47. The number of carbonyl (C=O) groups excluding carboxylic acids is 1. The normalized spacial score (nSPS) is 13.6. The number of nitrogens with zero attached hydrogens (tertiary/aromatic N) is 2. The molecule has 0 fully saturated rings. The van der Waals surface area contributed by atoms with Crippen LogP contribution in [0, 0.1) is 6.92 Å². The SMILES string of the molecule is COc1cc(NC(=O)c2sc3nc4n(c(=O)c3c2C)CCCCC4)c(OC)cc1Cl. The van der Waals surface area contributed by atoms with Crippen molar-refractivity contribution in [1.82, 2.24) is 9.55 Å². The zero-order valence-corrected chi connectivity index (χ0v) is 18.6. The van der Waals surface area contributed by atoms with Gasteiger partial charge in [-0.1, -0.05) is 18.0 Å². The van der Waals surface area contributed by atoms with Gasteiger partial charge in [-0.2, -0.15) is 0 Å². The second-order valence-corrected chi connectivity index (χ2v) is 8.58. The maximum atomic E-state index is 13.1. The zero-order valence-electron chi connectivity index (χ0n) is 17.0. The number of aromatic nitrogens is 2. The van der Waals surface area contributed by atoms with Crippen molar-refractivity contribution in [2.24, 2.45) is 0 Å². The van der Waals surface area contributed by atoms with E-state index in [4.69, 9.17) is 26.1 Å². The molecule has 1 N–H and O–H groups in total. The molecule has 0 radical (unpaired) electrons. The minimum Gasteiger partial charge on any atom is -0.495 e. The lowest BCUT2D eigenvalue weighted by molar-refractivity contribution is 0.102. The van der Waals surface area contributed by atoms with Crippen LogP contribution in [0.2, 0.25) is 5.02 Å². The fraction of sp³-hybridized carbons (Fsp3) is 0.381. The maximum absolute atomic E-state index is 13.1. The third-order valence-electron chi connectivity index (χ3n) is 5.34. The van der Waals surface area contributed by atoms with Gasteiger partial charge in [-0.25, -0.2) is 4.98 Å². The lowest BCUT2D eigenvalue weighted by Crippen LogP contribution is -2.24. The first-order chi connectivity index (χ1) is 14.4. The fourth-order valence-electron chi connectivity index (χ4n) is 3.76. The van der Waals surface area contributed by atoms with E-state index in [9.17, 15) is 9.59 Å². The molecule has 1 aromatic carbocycles. The van der Waals surface area contributed by atoms with Crippen LogP contribution in [-0.2, 0) is 13.0 Å². The lowest BCUT2D eigenvalue weighted by Gasteiger charge is -2.13. The Morgan fingerprint density at radius 1 is 1.20 bits per heavy atom. The van der Waals surface area contributed by atoms with Gasteiger partial charge in [0.25, 0.3) is 11.5 Å². The summed E-state index contributed by atoms with van der Waals surface area (Å²) in [5.41, 5.74) is 1.01. The number of fused-ring (bicyclic) bond motifs is 2. The van der Waals surface area contributed by atoms with Crippen molar-refractivity contribution >= 4 is 44.7 Å². The van der Waals surface area contributed by atoms with Gasteiger partial charge in [0.15, 0.2) is 0 Å². The molecular weight excluding hydrogens is 426 g/mol. The molecule has 0 atom stereocenters. The zero-order chi connectivity index (χ0) is 21.4. The maximum Gasteiger partial charge on any atom is 0.266 e. The van der Waals surface area contributed by atoms with Gasteiger partial charge in [0, 0.05) is 25.1 Å². The molecule has 0 aliphatic carbocycles. The molecule has 3 heterocycles. The second kappa shape index (κ2) is 8.28. The lowest BCUT2D eigenvalue weighted by atomic mass is 10.2. The fourth-order valence-corrected chi connectivity index (χ4v) is 5.08. The second-order valence-electron chi connectivity index (χ2n) is 7.17. The summed E-state index contributed by atoms with van der Waals surface area (Å²) in [7, 11) is 3.00. The topological polar surface area (TPSA) is 82.5 Å². The average molecular weight is 448 g/mol. The van der Waals surface area contributed by atoms with E-state index in [2.05, 4.69) is 5.32 Å². The summed E-state index contributed by atoms with van der Waals surface area (Å²) in [5, 5.41) is 3.76. The molecule has 0 spiro atoms. The average Bonchev–Trinajstić information content (AvgIpc) is 2.90. The van der Waals surface area contributed by atoms with E-state index in [0.29, 0.717) is 49.4 Å². The van der Waals surface area contributed by atoms with Gasteiger partial charge in [0.1, 0.15) is 22.2 Å². The minimum atomic E-state index is -0.335. The van der Waals surface area contributed by atoms with E-state index >= 15 is 0 Å². The number of carbonyl (C=O) groups is 1. The first kappa shape index (κ1) is 20.7. The highest BCUT2D eigenvalue weighted by molar-refractivity contribution is 7.20. The smallest absolute Gasteiger partial charge is 0.266 e. The number of anilines is 1. The first-order valence-corrected chi connectivity index (χ1v) is 10.9. The van der Waals surface area contributed by atoms with Crippen LogP contribution in [0.3, 0.4) is 0 Å². The number of thiophene rings is 1. The van der Waals surface area contributed by atoms with Gasteiger partial charge < -0.3 is 14.8 Å². The highest BCUT2D eigenvalue weighted by Crippen LogP contribution is 2.37. The van der Waals surface area contributed by atoms with Crippen molar-refractivity contribution < 1.29 is 14.3 Å². The Labute approximate surface area is 182 Å². The summed E-state index contributed by atoms with van der Waals surface area (Å²) in [4.78, 5) is 32.0. The third-order valence-corrected chi connectivity index (χ3v) is 6.82. The standard InChI is InChI=1S/C21H22ClN3O4S/c1-11-17-20(24-16-7-5-4-6-8-25(16)21(17)27)30-18(11)19(26)23-13-10-14(28-2)12(22)9-15(13)29-3/h9-10H,4-8H2,1-3H3,(H,23,26). The molecule has 0 unspecified atom stereocenters. The van der Waals surface area contributed by atoms with Crippen molar-refractivity contribution in [2.45, 2.75) is 39.2 Å². The Morgan fingerprint density at radius 2 is 1.97 bits per heavy atom. The number of hydrogen-bond acceptors (Lipinski definition) is 6. The number of nitrogens with one attached hydrogen (secondary N) is 1. The van der Waals surface area contributed by atoms with Crippen LogP contribution in [0.25, 0.3) is 10.2 Å². The molecule has 158 valence electrons. The van der Waals surface area contributed by atoms with Gasteiger partial charge >= 0.3 is 0 Å². The van der Waals surface area contributed by atoms with E-state index in [1.54, 1.807) is 23.6 Å². The minimum absolute atomic E-state index is 0.0598. The van der Waals surface area contributed by atoms with Gasteiger partial charge in [-0.05, 0) is 25.3 Å². The number of ether oxygens (including phenoxy) is 2. The Bertz CT molecular complexity index is 1200. The molecule has 4 rings (SSSR count). The van der Waals surface area contributed by atoms with Gasteiger partial charge in [-0.3, -0.25) is 14.2 Å². The summed E-state index contributed by atoms with van der Waals surface area (Å²) in [6.07, 6.45) is 3.86. The highest BCUT2D eigenvalue weighted by Gasteiger charge is 2.23. The highest BCUT2D eigenvalue weighted by atomic mass is 35.5. The number of amides is 1. The van der Waals surface area contributed by atoms with Crippen LogP contribution in [0.4, 0.5) is 5.69 Å². The van der Waals surface area contributed by atoms with E-state index in [-0.39, 0.29) is 11.5 Å². The van der Waals surface area contributed by atoms with Crippen molar-refractivity contribution in [3.05, 3.63) is 43.8 Å². The van der Waals surface area contributed by atoms with Crippen LogP contribution in [0.1, 0.15) is 40.3 Å². The van der Waals surface area contributed by atoms with Crippen LogP contribution < -0.4 is 20.3 Å². The molecular formula is C21H22ClN3O4S. The molecule has 7 nitrogen and oxygen atoms in total. The third kappa shape index (κ3) is 3.54. The number of rotatable bonds is 4. The van der Waals surface area contributed by atoms with E-state index < -0.39 is 0 Å². The molecule has 1 aliphatic rings. The first-order valence-electron chi connectivity index (χ1n) is 9.70. The molecule has 1 amide bonds. The van der Waals surface area contributed by atoms with Crippen molar-refractivity contribution in [3.8, 4) is 11.5 Å². The molecule has 0 saturated carbocycles. The molecule has 1 aliphatic heterocycles. The Balaban J connectivity index is 1.75. The molecule has 0 bridgehead atoms. The Morgan fingerprint density at radius 3 is 2.70 bits per heavy atom. The largest absolute Gasteiger partial charge is 0.495 e. The molecule has 30 heavy (non-hydrogen) atoms. The number of halogens is 1. The monoisotopic (exact) mass is 447 g/mol. The summed E-state index contributed by atoms with van der Waals surface area (Å²) in [5.74, 6) is 1.31.